The molecule has 2 heterocycles. The predicted octanol–water partition coefficient (Wildman–Crippen LogP) is 0.712. The molecule has 0 atom stereocenters. The normalized spacial score (nSPS) is 24.4. The summed E-state index contributed by atoms with van der Waals surface area (Å²) in [6.45, 7) is 2.33. The Morgan fingerprint density at radius 2 is 2.13 bits per heavy atom. The van der Waals surface area contributed by atoms with E-state index in [1.807, 2.05) is 22.9 Å². The summed E-state index contributed by atoms with van der Waals surface area (Å²) in [5.41, 5.74) is 12.7. The van der Waals surface area contributed by atoms with E-state index < -0.39 is 0 Å². The van der Waals surface area contributed by atoms with Crippen LogP contribution in [0.5, 0.6) is 0 Å². The number of hydrogen-bond acceptors (Lipinski definition) is 6. The minimum Gasteiger partial charge on any atom is -0.368 e. The highest BCUT2D eigenvalue weighted by molar-refractivity contribution is 5.76. The lowest BCUT2D eigenvalue weighted by Crippen LogP contribution is -2.40. The van der Waals surface area contributed by atoms with Crippen molar-refractivity contribution >= 4 is 17.7 Å². The molecule has 1 saturated carbocycles. The maximum absolute atomic E-state index is 11.9. The molecule has 1 saturated heterocycles. The summed E-state index contributed by atoms with van der Waals surface area (Å²) in [5.74, 6) is 1.78. The Morgan fingerprint density at radius 1 is 1.35 bits per heavy atom. The summed E-state index contributed by atoms with van der Waals surface area (Å²) in [4.78, 5) is 24.5. The first-order chi connectivity index (χ1) is 11.0. The molecule has 7 nitrogen and oxygen atoms in total. The Balaban J connectivity index is 1.62. The average molecular weight is 318 g/mol. The number of rotatable bonds is 5. The first kappa shape index (κ1) is 16.0. The van der Waals surface area contributed by atoms with Crippen molar-refractivity contribution in [3.05, 3.63) is 11.8 Å². The molecule has 1 aliphatic carbocycles. The number of carbonyl (C=O) groups excluding carboxylic acids is 1. The summed E-state index contributed by atoms with van der Waals surface area (Å²) in [6, 6.07) is 2.28. The minimum absolute atomic E-state index is 0.260. The van der Waals surface area contributed by atoms with Gasteiger partial charge in [0.1, 0.15) is 5.82 Å². The summed E-state index contributed by atoms with van der Waals surface area (Å²) >= 11 is 0. The lowest BCUT2D eigenvalue weighted by Gasteiger charge is -2.33. The van der Waals surface area contributed by atoms with Crippen molar-refractivity contribution in [3.63, 3.8) is 0 Å². The number of anilines is 2. The largest absolute Gasteiger partial charge is 0.368 e. The van der Waals surface area contributed by atoms with Gasteiger partial charge in [0, 0.05) is 51.1 Å². The predicted molar refractivity (Wildman–Crippen MR) is 90.1 cm³/mol. The van der Waals surface area contributed by atoms with Gasteiger partial charge in [-0.1, -0.05) is 0 Å². The fraction of sp³-hybridized carbons (Fsp3) is 0.688. The van der Waals surface area contributed by atoms with E-state index in [4.69, 9.17) is 11.5 Å². The summed E-state index contributed by atoms with van der Waals surface area (Å²) in [5, 5.41) is 0. The molecular weight excluding hydrogens is 292 g/mol. The van der Waals surface area contributed by atoms with Crippen LogP contribution in [-0.4, -0.2) is 53.5 Å². The molecule has 4 N–H and O–H groups in total. The molecule has 7 heteroatoms. The quantitative estimate of drug-likeness (QED) is 0.829. The number of carbonyl (C=O) groups is 1. The molecular formula is C16H26N6O. The van der Waals surface area contributed by atoms with Gasteiger partial charge in [-0.05, 0) is 25.7 Å². The van der Waals surface area contributed by atoms with Gasteiger partial charge in [0.05, 0.1) is 5.69 Å². The molecule has 1 aromatic rings. The fourth-order valence-electron chi connectivity index (χ4n) is 3.26. The first-order valence-electron chi connectivity index (χ1n) is 8.42. The topological polar surface area (TPSA) is 101 Å². The molecule has 2 fully saturated rings. The lowest BCUT2D eigenvalue weighted by molar-refractivity contribution is -0.133. The minimum atomic E-state index is 0.260. The van der Waals surface area contributed by atoms with Crippen molar-refractivity contribution in [1.82, 2.24) is 14.9 Å². The van der Waals surface area contributed by atoms with E-state index in [1.165, 1.54) is 0 Å². The van der Waals surface area contributed by atoms with Crippen LogP contribution >= 0.6 is 0 Å². The van der Waals surface area contributed by atoms with E-state index in [0.29, 0.717) is 18.3 Å². The number of likely N-dealkylation sites (N-methyl/N-ethyl adjacent to an activating group) is 1. The third-order valence-electron chi connectivity index (χ3n) is 4.86. The van der Waals surface area contributed by atoms with E-state index in [1.54, 1.807) is 0 Å². The Bertz CT molecular complexity index is 572. The second-order valence-electron chi connectivity index (χ2n) is 6.70. The van der Waals surface area contributed by atoms with Gasteiger partial charge in [0.25, 0.3) is 0 Å². The highest BCUT2D eigenvalue weighted by Crippen LogP contribution is 2.35. The highest BCUT2D eigenvalue weighted by atomic mass is 16.2. The number of piperidine rings is 1. The fourth-order valence-corrected chi connectivity index (χ4v) is 3.26. The van der Waals surface area contributed by atoms with Crippen LogP contribution in [0.2, 0.25) is 0 Å². The molecule has 2 aliphatic rings. The second kappa shape index (κ2) is 6.70. The molecule has 1 aliphatic heterocycles. The van der Waals surface area contributed by atoms with E-state index in [-0.39, 0.29) is 11.9 Å². The number of nitrogen functional groups attached to an aromatic ring is 1. The standard InChI is InChI=1S/C16H26N6O/c1-21(6-7-22-5-3-2-4-15(22)23)14-10-13(19-16(18)20-14)11-8-12(17)9-11/h10-12H,2-9,17H2,1H3,(H2,18,19,20). The molecule has 126 valence electrons. The van der Waals surface area contributed by atoms with E-state index in [0.717, 1.165) is 56.8 Å². The molecule has 0 spiro atoms. The van der Waals surface area contributed by atoms with Gasteiger partial charge in [-0.2, -0.15) is 4.98 Å². The van der Waals surface area contributed by atoms with Gasteiger partial charge in [-0.3, -0.25) is 4.79 Å². The van der Waals surface area contributed by atoms with Crippen LogP contribution in [0.15, 0.2) is 6.07 Å². The van der Waals surface area contributed by atoms with Crippen molar-refractivity contribution in [2.45, 2.75) is 44.1 Å². The molecule has 0 bridgehead atoms. The number of nitrogens with zero attached hydrogens (tertiary/aromatic N) is 4. The maximum atomic E-state index is 11.9. The number of amides is 1. The molecule has 1 aromatic heterocycles. The van der Waals surface area contributed by atoms with Gasteiger partial charge in [-0.25, -0.2) is 4.98 Å². The molecule has 3 rings (SSSR count). The van der Waals surface area contributed by atoms with Crippen LogP contribution in [-0.2, 0) is 4.79 Å². The molecule has 0 radical (unpaired) electrons. The zero-order valence-electron chi connectivity index (χ0n) is 13.7. The number of nitrogens with two attached hydrogens (primary N) is 2. The zero-order chi connectivity index (χ0) is 16.4. The van der Waals surface area contributed by atoms with Crippen LogP contribution in [0.3, 0.4) is 0 Å². The first-order valence-corrected chi connectivity index (χ1v) is 8.42. The third-order valence-corrected chi connectivity index (χ3v) is 4.86. The highest BCUT2D eigenvalue weighted by Gasteiger charge is 2.29. The van der Waals surface area contributed by atoms with Gasteiger partial charge in [0.2, 0.25) is 11.9 Å². The Kier molecular flexibility index (Phi) is 4.66. The van der Waals surface area contributed by atoms with Crippen LogP contribution in [0.25, 0.3) is 0 Å². The third kappa shape index (κ3) is 3.72. The number of hydrogen-bond donors (Lipinski definition) is 2. The smallest absolute Gasteiger partial charge is 0.222 e. The summed E-state index contributed by atoms with van der Waals surface area (Å²) in [6.07, 6.45) is 4.71. The summed E-state index contributed by atoms with van der Waals surface area (Å²) < 4.78 is 0. The molecule has 23 heavy (non-hydrogen) atoms. The van der Waals surface area contributed by atoms with Gasteiger partial charge < -0.3 is 21.3 Å². The van der Waals surface area contributed by atoms with Crippen molar-refractivity contribution in [2.75, 3.05) is 37.3 Å². The molecule has 0 aromatic carbocycles. The van der Waals surface area contributed by atoms with Crippen molar-refractivity contribution in [2.24, 2.45) is 5.73 Å². The molecule has 0 unspecified atom stereocenters. The molecule has 1 amide bonds. The monoisotopic (exact) mass is 318 g/mol. The zero-order valence-corrected chi connectivity index (χ0v) is 13.7. The Hall–Kier alpha value is -1.89. The van der Waals surface area contributed by atoms with Crippen molar-refractivity contribution in [3.8, 4) is 0 Å². The Morgan fingerprint density at radius 3 is 2.83 bits per heavy atom. The van der Waals surface area contributed by atoms with E-state index >= 15 is 0 Å². The van der Waals surface area contributed by atoms with Crippen LogP contribution in [0.4, 0.5) is 11.8 Å². The van der Waals surface area contributed by atoms with Crippen molar-refractivity contribution in [1.29, 1.82) is 0 Å². The average Bonchev–Trinajstić information content (AvgIpc) is 2.50. The number of likely N-dealkylation sites (tertiary alicyclic amines) is 1. The second-order valence-corrected chi connectivity index (χ2v) is 6.70. The maximum Gasteiger partial charge on any atom is 0.222 e. The Labute approximate surface area is 137 Å². The lowest BCUT2D eigenvalue weighted by atomic mass is 9.78. The SMILES string of the molecule is CN(CCN1CCCCC1=O)c1cc(C2CC(N)C2)nc(N)n1. The van der Waals surface area contributed by atoms with Crippen LogP contribution in [0, 0.1) is 0 Å². The van der Waals surface area contributed by atoms with Gasteiger partial charge in [0.15, 0.2) is 0 Å². The summed E-state index contributed by atoms with van der Waals surface area (Å²) in [7, 11) is 1.98. The van der Waals surface area contributed by atoms with Gasteiger partial charge in [-0.15, -0.1) is 0 Å². The van der Waals surface area contributed by atoms with Crippen LogP contribution in [0.1, 0.15) is 43.7 Å². The van der Waals surface area contributed by atoms with E-state index in [9.17, 15) is 4.79 Å². The van der Waals surface area contributed by atoms with Crippen LogP contribution < -0.4 is 16.4 Å². The van der Waals surface area contributed by atoms with E-state index in [2.05, 4.69) is 9.97 Å². The van der Waals surface area contributed by atoms with Crippen molar-refractivity contribution < 1.29 is 4.79 Å². The van der Waals surface area contributed by atoms with Gasteiger partial charge >= 0.3 is 0 Å². The number of aromatic nitrogens is 2.